The molecule has 6 heteroatoms. The molecular formula is C17H20ClN3OS. The van der Waals surface area contributed by atoms with Gasteiger partial charge >= 0.3 is 0 Å². The summed E-state index contributed by atoms with van der Waals surface area (Å²) in [7, 11) is 0. The number of nitrogens with zero attached hydrogens (tertiary/aromatic N) is 3. The van der Waals surface area contributed by atoms with Gasteiger partial charge < -0.3 is 4.90 Å². The van der Waals surface area contributed by atoms with E-state index in [-0.39, 0.29) is 5.91 Å². The Morgan fingerprint density at radius 1 is 1.22 bits per heavy atom. The van der Waals surface area contributed by atoms with Crippen LogP contribution in [-0.4, -0.2) is 46.9 Å². The molecule has 0 N–H and O–H groups in total. The Morgan fingerprint density at radius 3 is 2.52 bits per heavy atom. The van der Waals surface area contributed by atoms with E-state index in [4.69, 9.17) is 11.6 Å². The molecule has 2 aromatic rings. The summed E-state index contributed by atoms with van der Waals surface area (Å²) in [5.74, 6) is 0.191. The second-order valence-electron chi connectivity index (χ2n) is 5.82. The van der Waals surface area contributed by atoms with Gasteiger partial charge in [0.15, 0.2) is 0 Å². The normalized spacial score (nSPS) is 15.8. The van der Waals surface area contributed by atoms with Crippen molar-refractivity contribution in [3.05, 3.63) is 50.9 Å². The van der Waals surface area contributed by atoms with Crippen LogP contribution in [0.3, 0.4) is 0 Å². The third-order valence-corrected chi connectivity index (χ3v) is 5.12. The van der Waals surface area contributed by atoms with Gasteiger partial charge in [-0.15, -0.1) is 11.3 Å². The first-order valence-electron chi connectivity index (χ1n) is 7.76. The van der Waals surface area contributed by atoms with Crippen molar-refractivity contribution in [2.24, 2.45) is 0 Å². The zero-order valence-corrected chi connectivity index (χ0v) is 14.7. The summed E-state index contributed by atoms with van der Waals surface area (Å²) in [6, 6.07) is 7.50. The SMILES string of the molecule is Cc1nc(CN2CCN(C(=O)Cc3ccc(Cl)cc3)CC2)cs1. The third kappa shape index (κ3) is 4.53. The van der Waals surface area contributed by atoms with Gasteiger partial charge in [0.25, 0.3) is 0 Å². The van der Waals surface area contributed by atoms with Crippen LogP contribution in [-0.2, 0) is 17.8 Å². The van der Waals surface area contributed by atoms with Crippen LogP contribution in [0.2, 0.25) is 5.02 Å². The molecule has 3 rings (SSSR count). The number of piperazine rings is 1. The minimum atomic E-state index is 0.191. The molecule has 1 aromatic carbocycles. The van der Waals surface area contributed by atoms with Gasteiger partial charge in [-0.05, 0) is 24.6 Å². The lowest BCUT2D eigenvalue weighted by Gasteiger charge is -2.34. The van der Waals surface area contributed by atoms with Crippen LogP contribution in [0.4, 0.5) is 0 Å². The first-order chi connectivity index (χ1) is 11.1. The number of carbonyl (C=O) groups excluding carboxylic acids is 1. The second kappa shape index (κ2) is 7.43. The van der Waals surface area contributed by atoms with Crippen LogP contribution >= 0.6 is 22.9 Å². The van der Waals surface area contributed by atoms with Gasteiger partial charge in [-0.25, -0.2) is 4.98 Å². The highest BCUT2D eigenvalue weighted by atomic mass is 35.5. The van der Waals surface area contributed by atoms with Crippen molar-refractivity contribution in [2.45, 2.75) is 19.9 Å². The Bertz CT molecular complexity index is 663. The van der Waals surface area contributed by atoms with E-state index in [1.54, 1.807) is 11.3 Å². The zero-order valence-electron chi connectivity index (χ0n) is 13.2. The molecule has 2 heterocycles. The molecule has 23 heavy (non-hydrogen) atoms. The number of hydrogen-bond donors (Lipinski definition) is 0. The lowest BCUT2D eigenvalue weighted by molar-refractivity contribution is -0.132. The van der Waals surface area contributed by atoms with Gasteiger partial charge in [0.1, 0.15) is 0 Å². The van der Waals surface area contributed by atoms with E-state index >= 15 is 0 Å². The summed E-state index contributed by atoms with van der Waals surface area (Å²) in [4.78, 5) is 21.2. The summed E-state index contributed by atoms with van der Waals surface area (Å²) in [6.45, 7) is 6.29. The fraction of sp³-hybridized carbons (Fsp3) is 0.412. The van der Waals surface area contributed by atoms with Crippen LogP contribution < -0.4 is 0 Å². The molecule has 1 saturated heterocycles. The van der Waals surface area contributed by atoms with Crippen molar-refractivity contribution in [3.63, 3.8) is 0 Å². The maximum Gasteiger partial charge on any atom is 0.227 e. The predicted molar refractivity (Wildman–Crippen MR) is 93.9 cm³/mol. The van der Waals surface area contributed by atoms with Gasteiger partial charge in [0, 0.05) is 43.1 Å². The standard InChI is InChI=1S/C17H20ClN3OS/c1-13-19-16(12-23-13)11-20-6-8-21(9-7-20)17(22)10-14-2-4-15(18)5-3-14/h2-5,12H,6-11H2,1H3. The van der Waals surface area contributed by atoms with Gasteiger partial charge in [-0.2, -0.15) is 0 Å². The first kappa shape index (κ1) is 16.4. The van der Waals surface area contributed by atoms with Crippen molar-refractivity contribution >= 4 is 28.8 Å². The molecule has 1 aliphatic heterocycles. The number of hydrogen-bond acceptors (Lipinski definition) is 4. The predicted octanol–water partition coefficient (Wildman–Crippen LogP) is 2.99. The summed E-state index contributed by atoms with van der Waals surface area (Å²) >= 11 is 7.56. The maximum atomic E-state index is 12.4. The number of aromatic nitrogens is 1. The highest BCUT2D eigenvalue weighted by molar-refractivity contribution is 7.09. The average molecular weight is 350 g/mol. The van der Waals surface area contributed by atoms with E-state index < -0.39 is 0 Å². The van der Waals surface area contributed by atoms with Crippen LogP contribution in [0, 0.1) is 6.92 Å². The Labute approximate surface area is 145 Å². The number of amides is 1. The number of carbonyl (C=O) groups is 1. The van der Waals surface area contributed by atoms with Crippen LogP contribution in [0.25, 0.3) is 0 Å². The average Bonchev–Trinajstić information content (AvgIpc) is 2.95. The summed E-state index contributed by atoms with van der Waals surface area (Å²) in [5.41, 5.74) is 2.15. The minimum absolute atomic E-state index is 0.191. The number of aryl methyl sites for hydroxylation is 1. The zero-order chi connectivity index (χ0) is 16.2. The maximum absolute atomic E-state index is 12.4. The Morgan fingerprint density at radius 2 is 1.91 bits per heavy atom. The number of halogens is 1. The number of rotatable bonds is 4. The lowest BCUT2D eigenvalue weighted by atomic mass is 10.1. The van der Waals surface area contributed by atoms with E-state index in [0.717, 1.165) is 49.0 Å². The molecule has 0 unspecified atom stereocenters. The quantitative estimate of drug-likeness (QED) is 0.851. The van der Waals surface area contributed by atoms with Crippen LogP contribution in [0.15, 0.2) is 29.6 Å². The highest BCUT2D eigenvalue weighted by Gasteiger charge is 2.21. The lowest BCUT2D eigenvalue weighted by Crippen LogP contribution is -2.48. The summed E-state index contributed by atoms with van der Waals surface area (Å²) < 4.78 is 0. The van der Waals surface area contributed by atoms with Crippen LogP contribution in [0.1, 0.15) is 16.3 Å². The van der Waals surface area contributed by atoms with Crippen molar-refractivity contribution in [2.75, 3.05) is 26.2 Å². The minimum Gasteiger partial charge on any atom is -0.340 e. The molecule has 122 valence electrons. The van der Waals surface area contributed by atoms with E-state index in [9.17, 15) is 4.79 Å². The van der Waals surface area contributed by atoms with Crippen LogP contribution in [0.5, 0.6) is 0 Å². The molecule has 1 fully saturated rings. The highest BCUT2D eigenvalue weighted by Crippen LogP contribution is 2.14. The Kier molecular flexibility index (Phi) is 5.30. The molecule has 4 nitrogen and oxygen atoms in total. The van der Waals surface area contributed by atoms with E-state index in [2.05, 4.69) is 15.3 Å². The van der Waals surface area contributed by atoms with E-state index in [0.29, 0.717) is 11.4 Å². The molecule has 0 aliphatic carbocycles. The Hall–Kier alpha value is -1.43. The van der Waals surface area contributed by atoms with Gasteiger partial charge in [-0.1, -0.05) is 23.7 Å². The third-order valence-electron chi connectivity index (χ3n) is 4.05. The Balaban J connectivity index is 1.48. The monoisotopic (exact) mass is 349 g/mol. The topological polar surface area (TPSA) is 36.4 Å². The number of thiazole rings is 1. The molecular weight excluding hydrogens is 330 g/mol. The van der Waals surface area contributed by atoms with Gasteiger partial charge in [0.2, 0.25) is 5.91 Å². The van der Waals surface area contributed by atoms with Gasteiger partial charge in [-0.3, -0.25) is 9.69 Å². The molecule has 1 aliphatic rings. The van der Waals surface area contributed by atoms with Crippen molar-refractivity contribution in [1.29, 1.82) is 0 Å². The molecule has 0 saturated carbocycles. The summed E-state index contributed by atoms with van der Waals surface area (Å²) in [5, 5.41) is 3.93. The van der Waals surface area contributed by atoms with Gasteiger partial charge in [0.05, 0.1) is 17.1 Å². The number of benzene rings is 1. The smallest absolute Gasteiger partial charge is 0.227 e. The first-order valence-corrected chi connectivity index (χ1v) is 9.01. The fourth-order valence-electron chi connectivity index (χ4n) is 2.75. The fourth-order valence-corrected chi connectivity index (χ4v) is 3.48. The molecule has 1 amide bonds. The van der Waals surface area contributed by atoms with Crippen molar-refractivity contribution in [1.82, 2.24) is 14.8 Å². The van der Waals surface area contributed by atoms with E-state index in [1.165, 1.54) is 0 Å². The second-order valence-corrected chi connectivity index (χ2v) is 7.32. The largest absolute Gasteiger partial charge is 0.340 e. The van der Waals surface area contributed by atoms with E-state index in [1.807, 2.05) is 36.1 Å². The molecule has 0 atom stereocenters. The molecule has 1 aromatic heterocycles. The molecule has 0 bridgehead atoms. The summed E-state index contributed by atoms with van der Waals surface area (Å²) in [6.07, 6.45) is 0.447. The van der Waals surface area contributed by atoms with Crippen molar-refractivity contribution in [3.8, 4) is 0 Å². The van der Waals surface area contributed by atoms with Crippen molar-refractivity contribution < 1.29 is 4.79 Å². The molecule has 0 radical (unpaired) electrons. The molecule has 0 spiro atoms.